The van der Waals surface area contributed by atoms with E-state index in [0.29, 0.717) is 24.6 Å². The van der Waals surface area contributed by atoms with Crippen LogP contribution in [0.15, 0.2) is 29.8 Å². The molecule has 2 heterocycles. The summed E-state index contributed by atoms with van der Waals surface area (Å²) in [6, 6.07) is 7.59. The molecule has 1 unspecified atom stereocenters. The van der Waals surface area contributed by atoms with Crippen molar-refractivity contribution in [1.82, 2.24) is 9.88 Å². The van der Waals surface area contributed by atoms with Gasteiger partial charge in [0.1, 0.15) is 11.5 Å². The fraction of sp³-hybridized carbons (Fsp3) is 0.375. The van der Waals surface area contributed by atoms with Crippen molar-refractivity contribution in [3.63, 3.8) is 0 Å². The molecule has 3 rings (SSSR count). The van der Waals surface area contributed by atoms with E-state index >= 15 is 0 Å². The number of fused-ring (bicyclic) bond motifs is 1. The third-order valence-electron chi connectivity index (χ3n) is 3.60. The van der Waals surface area contributed by atoms with Gasteiger partial charge in [-0.15, -0.1) is 11.3 Å². The van der Waals surface area contributed by atoms with Crippen LogP contribution in [0.2, 0.25) is 0 Å². The van der Waals surface area contributed by atoms with E-state index in [1.54, 1.807) is 10.4 Å². The summed E-state index contributed by atoms with van der Waals surface area (Å²) >= 11 is 1.38. The lowest BCUT2D eigenvalue weighted by Crippen LogP contribution is -2.43. The number of hydrogen-bond acceptors (Lipinski definition) is 5. The van der Waals surface area contributed by atoms with Gasteiger partial charge in [-0.2, -0.15) is 0 Å². The Morgan fingerprint density at radius 3 is 2.86 bits per heavy atom. The number of aromatic nitrogens is 1. The van der Waals surface area contributed by atoms with E-state index in [2.05, 4.69) is 4.98 Å². The molecule has 1 aliphatic rings. The second kappa shape index (κ2) is 6.36. The summed E-state index contributed by atoms with van der Waals surface area (Å²) in [4.78, 5) is 19.2. The molecule has 0 N–H and O–H groups in total. The molecule has 1 amide bonds. The molecule has 116 valence electrons. The Labute approximate surface area is 133 Å². The van der Waals surface area contributed by atoms with E-state index in [1.807, 2.05) is 38.1 Å². The van der Waals surface area contributed by atoms with Crippen LogP contribution in [0, 0.1) is 6.92 Å². The van der Waals surface area contributed by atoms with Crippen molar-refractivity contribution >= 4 is 17.2 Å². The van der Waals surface area contributed by atoms with Crippen molar-refractivity contribution in [2.45, 2.75) is 20.0 Å². The Bertz CT molecular complexity index is 671. The second-order valence-corrected chi connectivity index (χ2v) is 5.96. The van der Waals surface area contributed by atoms with Gasteiger partial charge in [-0.05, 0) is 26.0 Å². The molecular weight excluding hydrogens is 300 g/mol. The Hall–Kier alpha value is -2.08. The van der Waals surface area contributed by atoms with Crippen LogP contribution in [0.3, 0.4) is 0 Å². The van der Waals surface area contributed by atoms with E-state index < -0.39 is 0 Å². The van der Waals surface area contributed by atoms with E-state index in [1.165, 1.54) is 11.3 Å². The number of likely N-dealkylation sites (N-methyl/N-ethyl adjacent to an activating group) is 1. The average molecular weight is 318 g/mol. The molecule has 0 fully saturated rings. The predicted octanol–water partition coefficient (Wildman–Crippen LogP) is 2.75. The molecule has 2 aromatic rings. The maximum Gasteiger partial charge on any atom is 0.265 e. The number of rotatable bonds is 4. The monoisotopic (exact) mass is 318 g/mol. The second-order valence-electron chi connectivity index (χ2n) is 5.11. The lowest BCUT2D eigenvalue weighted by molar-refractivity contribution is 0.0477. The van der Waals surface area contributed by atoms with Gasteiger partial charge in [0.25, 0.3) is 5.91 Å². The number of amides is 1. The molecule has 0 aliphatic carbocycles. The zero-order chi connectivity index (χ0) is 15.5. The summed E-state index contributed by atoms with van der Waals surface area (Å²) in [5.74, 6) is 1.49. The quantitative estimate of drug-likeness (QED) is 0.870. The van der Waals surface area contributed by atoms with Crippen LogP contribution in [-0.4, -0.2) is 41.6 Å². The van der Waals surface area contributed by atoms with Crippen LogP contribution in [-0.2, 0) is 0 Å². The van der Waals surface area contributed by atoms with Gasteiger partial charge in [-0.3, -0.25) is 4.79 Å². The Morgan fingerprint density at radius 1 is 1.41 bits per heavy atom. The SMILES string of the molecule is CCN(CC1COc2ccccc2O1)C(=O)c1scnc1C. The zero-order valence-electron chi connectivity index (χ0n) is 12.6. The molecule has 22 heavy (non-hydrogen) atoms. The van der Waals surface area contributed by atoms with Crippen molar-refractivity contribution in [2.24, 2.45) is 0 Å². The summed E-state index contributed by atoms with van der Waals surface area (Å²) in [6.07, 6.45) is -0.160. The first-order valence-corrected chi connectivity index (χ1v) is 8.15. The summed E-state index contributed by atoms with van der Waals surface area (Å²) in [6.45, 7) is 5.39. The van der Waals surface area contributed by atoms with Crippen molar-refractivity contribution in [3.05, 3.63) is 40.3 Å². The van der Waals surface area contributed by atoms with Crippen LogP contribution >= 0.6 is 11.3 Å². The van der Waals surface area contributed by atoms with Gasteiger partial charge in [0.05, 0.1) is 17.7 Å². The van der Waals surface area contributed by atoms with E-state index in [-0.39, 0.29) is 12.0 Å². The minimum atomic E-state index is -0.160. The number of para-hydroxylation sites is 2. The number of hydrogen-bond donors (Lipinski definition) is 0. The van der Waals surface area contributed by atoms with Crippen LogP contribution in [0.5, 0.6) is 11.5 Å². The number of thiazole rings is 1. The average Bonchev–Trinajstić information content (AvgIpc) is 2.98. The first-order valence-electron chi connectivity index (χ1n) is 7.27. The van der Waals surface area contributed by atoms with Gasteiger partial charge in [-0.25, -0.2) is 4.98 Å². The topological polar surface area (TPSA) is 51.7 Å². The molecule has 0 saturated heterocycles. The molecule has 1 aliphatic heterocycles. The maximum absolute atomic E-state index is 12.6. The molecule has 5 nitrogen and oxygen atoms in total. The third-order valence-corrected chi connectivity index (χ3v) is 4.52. The highest BCUT2D eigenvalue weighted by Gasteiger charge is 2.26. The minimum Gasteiger partial charge on any atom is -0.486 e. The lowest BCUT2D eigenvalue weighted by atomic mass is 10.2. The molecule has 0 saturated carbocycles. The van der Waals surface area contributed by atoms with Crippen molar-refractivity contribution < 1.29 is 14.3 Å². The number of ether oxygens (including phenoxy) is 2. The first kappa shape index (κ1) is 14.8. The fourth-order valence-corrected chi connectivity index (χ4v) is 3.17. The first-order chi connectivity index (χ1) is 10.7. The summed E-state index contributed by atoms with van der Waals surface area (Å²) in [5, 5.41) is 0. The molecule has 1 aromatic heterocycles. The van der Waals surface area contributed by atoms with Crippen LogP contribution in [0.1, 0.15) is 22.3 Å². The molecule has 0 radical (unpaired) electrons. The van der Waals surface area contributed by atoms with E-state index in [9.17, 15) is 4.79 Å². The van der Waals surface area contributed by atoms with Crippen LogP contribution in [0.4, 0.5) is 0 Å². The molecule has 1 atom stereocenters. The fourth-order valence-electron chi connectivity index (χ4n) is 2.41. The summed E-state index contributed by atoms with van der Waals surface area (Å²) in [5.41, 5.74) is 2.48. The van der Waals surface area contributed by atoms with Crippen molar-refractivity contribution in [3.8, 4) is 11.5 Å². The number of carbonyl (C=O) groups excluding carboxylic acids is 1. The van der Waals surface area contributed by atoms with Gasteiger partial charge in [0.15, 0.2) is 17.6 Å². The van der Waals surface area contributed by atoms with Gasteiger partial charge in [-0.1, -0.05) is 12.1 Å². The zero-order valence-corrected chi connectivity index (χ0v) is 13.4. The van der Waals surface area contributed by atoms with E-state index in [4.69, 9.17) is 9.47 Å². The molecule has 6 heteroatoms. The van der Waals surface area contributed by atoms with E-state index in [0.717, 1.165) is 17.2 Å². The third kappa shape index (κ3) is 2.92. The van der Waals surface area contributed by atoms with Gasteiger partial charge >= 0.3 is 0 Å². The molecular formula is C16H18N2O3S. The van der Waals surface area contributed by atoms with Crippen molar-refractivity contribution in [2.75, 3.05) is 19.7 Å². The Balaban J connectivity index is 1.69. The standard InChI is InChI=1S/C16H18N2O3S/c1-3-18(16(19)15-11(2)17-10-22-15)8-12-9-20-13-6-4-5-7-14(13)21-12/h4-7,10,12H,3,8-9H2,1-2H3. The van der Waals surface area contributed by atoms with Crippen molar-refractivity contribution in [1.29, 1.82) is 0 Å². The highest BCUT2D eigenvalue weighted by Crippen LogP contribution is 2.31. The Morgan fingerprint density at radius 2 is 2.18 bits per heavy atom. The minimum absolute atomic E-state index is 0.00459. The van der Waals surface area contributed by atoms with Gasteiger partial charge in [0, 0.05) is 6.54 Å². The maximum atomic E-state index is 12.6. The smallest absolute Gasteiger partial charge is 0.265 e. The highest BCUT2D eigenvalue weighted by molar-refractivity contribution is 7.11. The normalized spacial score (nSPS) is 16.4. The number of aryl methyl sites for hydroxylation is 1. The van der Waals surface area contributed by atoms with Gasteiger partial charge in [0.2, 0.25) is 0 Å². The molecule has 1 aromatic carbocycles. The summed E-state index contributed by atoms with van der Waals surface area (Å²) in [7, 11) is 0. The van der Waals surface area contributed by atoms with Gasteiger partial charge < -0.3 is 14.4 Å². The molecule has 0 spiro atoms. The number of carbonyl (C=O) groups is 1. The highest BCUT2D eigenvalue weighted by atomic mass is 32.1. The molecule has 0 bridgehead atoms. The largest absolute Gasteiger partial charge is 0.486 e. The number of benzene rings is 1. The summed E-state index contributed by atoms with van der Waals surface area (Å²) < 4.78 is 11.6. The predicted molar refractivity (Wildman–Crippen MR) is 84.8 cm³/mol. The lowest BCUT2D eigenvalue weighted by Gasteiger charge is -2.30. The van der Waals surface area contributed by atoms with Crippen LogP contribution < -0.4 is 9.47 Å². The number of nitrogens with zero attached hydrogens (tertiary/aromatic N) is 2. The van der Waals surface area contributed by atoms with Crippen LogP contribution in [0.25, 0.3) is 0 Å². The Kier molecular flexibility index (Phi) is 4.29.